The van der Waals surface area contributed by atoms with E-state index in [-0.39, 0.29) is 16.4 Å². The molecule has 1 aromatic rings. The van der Waals surface area contributed by atoms with Crippen LogP contribution in [-0.4, -0.2) is 20.9 Å². The van der Waals surface area contributed by atoms with Gasteiger partial charge >= 0.3 is 0 Å². The highest BCUT2D eigenvalue weighted by atomic mass is 79.9. The van der Waals surface area contributed by atoms with E-state index in [0.29, 0.717) is 11.0 Å². The standard InChI is InChI=1S/C15H19BrN2O3S/c16-14-7-6-12(22(17,20)21)10-13(14)15(19)18-9-8-11-4-2-1-3-5-11/h4,6-7,10H,1-3,5,8-9H2,(H,18,19)(H2,17,20,21). The van der Waals surface area contributed by atoms with Crippen LogP contribution in [-0.2, 0) is 10.0 Å². The second kappa shape index (κ2) is 7.39. The molecule has 1 aromatic carbocycles. The molecule has 5 nitrogen and oxygen atoms in total. The molecule has 0 atom stereocenters. The molecule has 0 radical (unpaired) electrons. The summed E-state index contributed by atoms with van der Waals surface area (Å²) in [5.74, 6) is -0.311. The number of nitrogens with two attached hydrogens (primary N) is 1. The molecule has 22 heavy (non-hydrogen) atoms. The van der Waals surface area contributed by atoms with Crippen LogP contribution in [0.15, 0.2) is 39.2 Å². The Labute approximate surface area is 139 Å². The van der Waals surface area contributed by atoms with Gasteiger partial charge in [0.25, 0.3) is 5.91 Å². The zero-order valence-corrected chi connectivity index (χ0v) is 14.5. The molecule has 120 valence electrons. The summed E-state index contributed by atoms with van der Waals surface area (Å²) in [6.45, 7) is 0.538. The van der Waals surface area contributed by atoms with Crippen LogP contribution in [0, 0.1) is 0 Å². The van der Waals surface area contributed by atoms with Gasteiger partial charge in [-0.25, -0.2) is 13.6 Å². The lowest BCUT2D eigenvalue weighted by atomic mass is 9.97. The SMILES string of the molecule is NS(=O)(=O)c1ccc(Br)c(C(=O)NCCC2=CCCCC2)c1. The molecule has 0 unspecified atom stereocenters. The van der Waals surface area contributed by atoms with Crippen molar-refractivity contribution in [2.45, 2.75) is 37.0 Å². The van der Waals surface area contributed by atoms with E-state index in [1.807, 2.05) is 0 Å². The summed E-state index contributed by atoms with van der Waals surface area (Å²) in [6, 6.07) is 4.16. The van der Waals surface area contributed by atoms with Gasteiger partial charge in [0.15, 0.2) is 0 Å². The van der Waals surface area contributed by atoms with Crippen molar-refractivity contribution in [1.82, 2.24) is 5.32 Å². The summed E-state index contributed by atoms with van der Waals surface area (Å²) in [5, 5.41) is 7.91. The van der Waals surface area contributed by atoms with E-state index in [1.165, 1.54) is 36.6 Å². The number of carbonyl (C=O) groups excluding carboxylic acids is 1. The van der Waals surface area contributed by atoms with Gasteiger partial charge in [0.05, 0.1) is 10.5 Å². The minimum Gasteiger partial charge on any atom is -0.352 e. The minimum absolute atomic E-state index is 0.0733. The third kappa shape index (κ3) is 4.66. The zero-order chi connectivity index (χ0) is 16.2. The van der Waals surface area contributed by atoms with Crippen molar-refractivity contribution in [2.24, 2.45) is 5.14 Å². The number of sulfonamides is 1. The second-order valence-corrected chi connectivity index (χ2v) is 7.72. The van der Waals surface area contributed by atoms with Gasteiger partial charge in [-0.3, -0.25) is 4.79 Å². The fraction of sp³-hybridized carbons (Fsp3) is 0.400. The van der Waals surface area contributed by atoms with Crippen molar-refractivity contribution in [2.75, 3.05) is 6.54 Å². The fourth-order valence-electron chi connectivity index (χ4n) is 2.42. The van der Waals surface area contributed by atoms with Crippen molar-refractivity contribution in [3.05, 3.63) is 39.9 Å². The highest BCUT2D eigenvalue weighted by Crippen LogP contribution is 2.21. The highest BCUT2D eigenvalue weighted by molar-refractivity contribution is 9.10. The Hall–Kier alpha value is -1.18. The van der Waals surface area contributed by atoms with Crippen molar-refractivity contribution in [1.29, 1.82) is 0 Å². The Bertz CT molecular complexity index is 699. The van der Waals surface area contributed by atoms with E-state index < -0.39 is 10.0 Å². The quantitative estimate of drug-likeness (QED) is 0.762. The average Bonchev–Trinajstić information content (AvgIpc) is 2.47. The number of hydrogen-bond acceptors (Lipinski definition) is 3. The Morgan fingerprint density at radius 1 is 1.32 bits per heavy atom. The summed E-state index contributed by atoms with van der Waals surface area (Å²) >= 11 is 3.26. The molecule has 0 fully saturated rings. The van der Waals surface area contributed by atoms with Crippen LogP contribution in [0.2, 0.25) is 0 Å². The monoisotopic (exact) mass is 386 g/mol. The number of benzene rings is 1. The molecule has 0 saturated carbocycles. The normalized spacial score (nSPS) is 15.3. The molecular weight excluding hydrogens is 368 g/mol. The number of primary sulfonamides is 1. The molecule has 0 saturated heterocycles. The van der Waals surface area contributed by atoms with Crippen LogP contribution in [0.25, 0.3) is 0 Å². The Morgan fingerprint density at radius 3 is 2.73 bits per heavy atom. The molecular formula is C15H19BrN2O3S. The molecule has 3 N–H and O–H groups in total. The largest absolute Gasteiger partial charge is 0.352 e. The lowest BCUT2D eigenvalue weighted by molar-refractivity contribution is 0.0953. The van der Waals surface area contributed by atoms with E-state index in [9.17, 15) is 13.2 Å². The van der Waals surface area contributed by atoms with E-state index in [4.69, 9.17) is 5.14 Å². The van der Waals surface area contributed by atoms with E-state index in [0.717, 1.165) is 19.3 Å². The maximum absolute atomic E-state index is 12.2. The first-order chi connectivity index (χ1) is 10.4. The second-order valence-electron chi connectivity index (χ2n) is 5.30. The van der Waals surface area contributed by atoms with Crippen molar-refractivity contribution in [3.63, 3.8) is 0 Å². The van der Waals surface area contributed by atoms with Gasteiger partial charge in [-0.05, 0) is 66.2 Å². The van der Waals surface area contributed by atoms with Crippen LogP contribution in [0.3, 0.4) is 0 Å². The summed E-state index contributed by atoms with van der Waals surface area (Å²) in [6.07, 6.45) is 7.74. The van der Waals surface area contributed by atoms with Gasteiger partial charge < -0.3 is 5.32 Å². The van der Waals surface area contributed by atoms with Crippen LogP contribution < -0.4 is 10.5 Å². The first kappa shape index (κ1) is 17.2. The highest BCUT2D eigenvalue weighted by Gasteiger charge is 2.15. The summed E-state index contributed by atoms with van der Waals surface area (Å²) < 4.78 is 23.3. The third-order valence-corrected chi connectivity index (χ3v) is 5.23. The predicted octanol–water partition coefficient (Wildman–Crippen LogP) is 2.72. The summed E-state index contributed by atoms with van der Waals surface area (Å²) in [4.78, 5) is 12.1. The van der Waals surface area contributed by atoms with Gasteiger partial charge in [-0.15, -0.1) is 0 Å². The smallest absolute Gasteiger partial charge is 0.252 e. The van der Waals surface area contributed by atoms with Gasteiger partial charge in [0.1, 0.15) is 0 Å². The minimum atomic E-state index is -3.82. The lowest BCUT2D eigenvalue weighted by Crippen LogP contribution is -2.25. The molecule has 1 aliphatic rings. The lowest BCUT2D eigenvalue weighted by Gasteiger charge is -2.13. The van der Waals surface area contributed by atoms with Crippen molar-refractivity contribution in [3.8, 4) is 0 Å². The molecule has 0 aliphatic heterocycles. The van der Waals surface area contributed by atoms with E-state index in [2.05, 4.69) is 27.3 Å². The Balaban J connectivity index is 2.01. The average molecular weight is 387 g/mol. The molecule has 0 spiro atoms. The fourth-order valence-corrected chi connectivity index (χ4v) is 3.39. The van der Waals surface area contributed by atoms with Gasteiger partial charge in [-0.1, -0.05) is 11.6 Å². The number of rotatable bonds is 5. The van der Waals surface area contributed by atoms with Gasteiger partial charge in [-0.2, -0.15) is 0 Å². The Kier molecular flexibility index (Phi) is 5.77. The van der Waals surface area contributed by atoms with Gasteiger partial charge in [0.2, 0.25) is 10.0 Å². The molecule has 0 heterocycles. The molecule has 1 aliphatic carbocycles. The molecule has 1 amide bonds. The number of amides is 1. The number of allylic oxidation sites excluding steroid dienone is 1. The number of halogens is 1. The zero-order valence-electron chi connectivity index (χ0n) is 12.1. The first-order valence-corrected chi connectivity index (χ1v) is 9.50. The first-order valence-electron chi connectivity index (χ1n) is 7.16. The van der Waals surface area contributed by atoms with Crippen LogP contribution in [0.4, 0.5) is 0 Å². The number of hydrogen-bond donors (Lipinski definition) is 2. The van der Waals surface area contributed by atoms with Crippen molar-refractivity contribution < 1.29 is 13.2 Å². The van der Waals surface area contributed by atoms with Gasteiger partial charge in [0, 0.05) is 11.0 Å². The molecule has 0 aromatic heterocycles. The van der Waals surface area contributed by atoms with Crippen LogP contribution in [0.1, 0.15) is 42.5 Å². The van der Waals surface area contributed by atoms with Crippen LogP contribution >= 0.6 is 15.9 Å². The topological polar surface area (TPSA) is 89.3 Å². The number of nitrogens with one attached hydrogen (secondary N) is 1. The molecule has 0 bridgehead atoms. The number of carbonyl (C=O) groups is 1. The molecule has 7 heteroatoms. The predicted molar refractivity (Wildman–Crippen MR) is 89.0 cm³/mol. The molecule has 2 rings (SSSR count). The third-order valence-electron chi connectivity index (χ3n) is 3.63. The summed E-state index contributed by atoms with van der Waals surface area (Å²) in [5.41, 5.74) is 1.65. The maximum Gasteiger partial charge on any atom is 0.252 e. The maximum atomic E-state index is 12.2. The summed E-state index contributed by atoms with van der Waals surface area (Å²) in [7, 11) is -3.82. The van der Waals surface area contributed by atoms with Crippen molar-refractivity contribution >= 4 is 31.9 Å². The Morgan fingerprint density at radius 2 is 2.09 bits per heavy atom. The van der Waals surface area contributed by atoms with Crippen LogP contribution in [0.5, 0.6) is 0 Å². The van der Waals surface area contributed by atoms with E-state index in [1.54, 1.807) is 0 Å². The van der Waals surface area contributed by atoms with E-state index >= 15 is 0 Å².